The van der Waals surface area contributed by atoms with E-state index in [0.29, 0.717) is 10.0 Å². The summed E-state index contributed by atoms with van der Waals surface area (Å²) in [5.41, 5.74) is 7.44. The number of rotatable bonds is 2. The van der Waals surface area contributed by atoms with Gasteiger partial charge in [-0.3, -0.25) is 0 Å². The van der Waals surface area contributed by atoms with Crippen molar-refractivity contribution in [1.82, 2.24) is 9.80 Å². The SMILES string of the molecule is CN1CCc2cc(Cl)c(O)cc2[C@@H](c2ccccc2)C1.CN1CCc2cc(Cl)c(O)cc2[C@@H](c2ccccc2)C1. The Morgan fingerprint density at radius 2 is 0.975 bits per heavy atom. The molecule has 0 unspecified atom stereocenters. The van der Waals surface area contributed by atoms with Crippen LogP contribution >= 0.6 is 23.2 Å². The van der Waals surface area contributed by atoms with Crippen LogP contribution in [-0.2, 0) is 12.8 Å². The summed E-state index contributed by atoms with van der Waals surface area (Å²) in [6.07, 6.45) is 1.93. The van der Waals surface area contributed by atoms with Gasteiger partial charge < -0.3 is 20.0 Å². The first kappa shape index (κ1) is 28.5. The number of likely N-dealkylation sites (N-methyl/N-ethyl adjacent to an activating group) is 2. The lowest BCUT2D eigenvalue weighted by molar-refractivity contribution is 0.338. The first-order valence-corrected chi connectivity index (χ1v) is 14.5. The van der Waals surface area contributed by atoms with Crippen LogP contribution in [0.15, 0.2) is 84.9 Å². The molecule has 4 aromatic rings. The van der Waals surface area contributed by atoms with E-state index in [1.54, 1.807) is 0 Å². The van der Waals surface area contributed by atoms with Gasteiger partial charge in [-0.2, -0.15) is 0 Å². The number of halogens is 2. The summed E-state index contributed by atoms with van der Waals surface area (Å²) in [6, 6.07) is 28.5. The predicted octanol–water partition coefficient (Wildman–Crippen LogP) is 7.33. The van der Waals surface area contributed by atoms with Crippen molar-refractivity contribution in [2.75, 3.05) is 40.3 Å². The van der Waals surface area contributed by atoms with E-state index in [4.69, 9.17) is 23.2 Å². The minimum atomic E-state index is 0.177. The number of fused-ring (bicyclic) bond motifs is 2. The summed E-state index contributed by atoms with van der Waals surface area (Å²) in [6.45, 7) is 3.94. The maximum atomic E-state index is 9.95. The second-order valence-electron chi connectivity index (χ2n) is 11.0. The normalized spacial score (nSPS) is 19.4. The molecule has 0 radical (unpaired) electrons. The molecule has 2 atom stereocenters. The topological polar surface area (TPSA) is 46.9 Å². The summed E-state index contributed by atoms with van der Waals surface area (Å²) in [5.74, 6) is 0.913. The molecule has 0 amide bonds. The van der Waals surface area contributed by atoms with Gasteiger partial charge in [0.15, 0.2) is 0 Å². The van der Waals surface area contributed by atoms with E-state index >= 15 is 0 Å². The molecule has 4 aromatic carbocycles. The molecule has 208 valence electrons. The molecule has 6 rings (SSSR count). The molecule has 0 aromatic heterocycles. The molecule has 0 aliphatic carbocycles. The van der Waals surface area contributed by atoms with E-state index in [-0.39, 0.29) is 23.3 Å². The number of nitrogens with zero attached hydrogens (tertiary/aromatic N) is 2. The average molecular weight is 576 g/mol. The third kappa shape index (κ3) is 6.47. The second-order valence-corrected chi connectivity index (χ2v) is 11.8. The second kappa shape index (κ2) is 12.7. The Labute approximate surface area is 247 Å². The van der Waals surface area contributed by atoms with Gasteiger partial charge in [0.05, 0.1) is 10.0 Å². The van der Waals surface area contributed by atoms with Crippen LogP contribution in [0.1, 0.15) is 45.2 Å². The van der Waals surface area contributed by atoms with Gasteiger partial charge in [-0.15, -0.1) is 0 Å². The lowest BCUT2D eigenvalue weighted by atomic mass is 9.88. The van der Waals surface area contributed by atoms with Gasteiger partial charge in [0, 0.05) is 38.0 Å². The fourth-order valence-electron chi connectivity index (χ4n) is 5.89. The number of phenolic OH excluding ortho intramolecular Hbond substituents is 2. The quantitative estimate of drug-likeness (QED) is 0.263. The number of benzene rings is 4. The monoisotopic (exact) mass is 574 g/mol. The van der Waals surface area contributed by atoms with E-state index in [0.717, 1.165) is 39.0 Å². The summed E-state index contributed by atoms with van der Waals surface area (Å²) in [4.78, 5) is 4.67. The lowest BCUT2D eigenvalue weighted by Crippen LogP contribution is -2.24. The standard InChI is InChI=1S/2C17H18ClNO/c2*1-19-8-7-13-9-16(18)17(20)10-14(13)15(11-19)12-5-3-2-4-6-12/h2*2-6,9-10,15,20H,7-8,11H2,1H3/t2*15-/m11/s1. The third-order valence-electron chi connectivity index (χ3n) is 8.09. The highest BCUT2D eigenvalue weighted by atomic mass is 35.5. The molecular formula is C34H36Cl2N2O2. The van der Waals surface area contributed by atoms with E-state index in [9.17, 15) is 10.2 Å². The van der Waals surface area contributed by atoms with E-state index in [2.05, 4.69) is 72.4 Å². The zero-order valence-corrected chi connectivity index (χ0v) is 24.5. The van der Waals surface area contributed by atoms with Crippen LogP contribution in [0.5, 0.6) is 11.5 Å². The van der Waals surface area contributed by atoms with Crippen LogP contribution in [-0.4, -0.2) is 60.3 Å². The molecule has 0 saturated heterocycles. The zero-order chi connectivity index (χ0) is 28.2. The molecule has 0 fully saturated rings. The minimum absolute atomic E-state index is 0.177. The van der Waals surface area contributed by atoms with Crippen molar-refractivity contribution in [3.8, 4) is 11.5 Å². The van der Waals surface area contributed by atoms with Gasteiger partial charge >= 0.3 is 0 Å². The van der Waals surface area contributed by atoms with Gasteiger partial charge in [-0.05, 0) is 84.6 Å². The number of hydrogen-bond acceptors (Lipinski definition) is 4. The Bertz CT molecular complexity index is 1330. The molecule has 2 heterocycles. The average Bonchev–Trinajstić information content (AvgIpc) is 3.22. The first-order valence-electron chi connectivity index (χ1n) is 13.8. The van der Waals surface area contributed by atoms with Crippen molar-refractivity contribution in [2.24, 2.45) is 0 Å². The Balaban J connectivity index is 0.000000161. The fourth-order valence-corrected chi connectivity index (χ4v) is 6.26. The molecule has 0 bridgehead atoms. The van der Waals surface area contributed by atoms with Gasteiger partial charge in [0.1, 0.15) is 11.5 Å². The van der Waals surface area contributed by atoms with Crippen LogP contribution in [0.2, 0.25) is 10.0 Å². The molecule has 2 aliphatic rings. The van der Waals surface area contributed by atoms with Crippen molar-refractivity contribution in [3.05, 3.63) is 128 Å². The van der Waals surface area contributed by atoms with Crippen LogP contribution < -0.4 is 0 Å². The first-order chi connectivity index (χ1) is 19.3. The van der Waals surface area contributed by atoms with Crippen molar-refractivity contribution in [3.63, 3.8) is 0 Å². The van der Waals surface area contributed by atoms with E-state index in [1.807, 2.05) is 36.4 Å². The van der Waals surface area contributed by atoms with Gasteiger partial charge in [-0.1, -0.05) is 83.9 Å². The van der Waals surface area contributed by atoms with E-state index in [1.165, 1.54) is 33.4 Å². The number of hydrogen-bond donors (Lipinski definition) is 2. The van der Waals surface area contributed by atoms with Crippen LogP contribution in [0.4, 0.5) is 0 Å². The predicted molar refractivity (Wildman–Crippen MR) is 165 cm³/mol. The minimum Gasteiger partial charge on any atom is -0.506 e. The van der Waals surface area contributed by atoms with Crippen molar-refractivity contribution < 1.29 is 10.2 Å². The number of phenols is 2. The molecule has 2 aliphatic heterocycles. The zero-order valence-electron chi connectivity index (χ0n) is 23.0. The maximum absolute atomic E-state index is 9.95. The molecule has 4 nitrogen and oxygen atoms in total. The van der Waals surface area contributed by atoms with Gasteiger partial charge in [0.25, 0.3) is 0 Å². The molecule has 40 heavy (non-hydrogen) atoms. The Hall–Kier alpha value is -3.02. The molecular weight excluding hydrogens is 539 g/mol. The molecule has 0 spiro atoms. The summed E-state index contributed by atoms with van der Waals surface area (Å²) in [7, 11) is 4.28. The van der Waals surface area contributed by atoms with Crippen molar-refractivity contribution in [1.29, 1.82) is 0 Å². The molecule has 2 N–H and O–H groups in total. The Morgan fingerprint density at radius 1 is 0.600 bits per heavy atom. The van der Waals surface area contributed by atoms with Crippen molar-refractivity contribution >= 4 is 23.2 Å². The summed E-state index contributed by atoms with van der Waals surface area (Å²) in [5, 5.41) is 20.8. The van der Waals surface area contributed by atoms with Crippen LogP contribution in [0, 0.1) is 0 Å². The van der Waals surface area contributed by atoms with Crippen LogP contribution in [0.3, 0.4) is 0 Å². The highest BCUT2D eigenvalue weighted by Gasteiger charge is 2.25. The Morgan fingerprint density at radius 3 is 1.35 bits per heavy atom. The largest absolute Gasteiger partial charge is 0.506 e. The highest BCUT2D eigenvalue weighted by molar-refractivity contribution is 6.32. The van der Waals surface area contributed by atoms with Crippen molar-refractivity contribution in [2.45, 2.75) is 24.7 Å². The summed E-state index contributed by atoms with van der Waals surface area (Å²) < 4.78 is 0. The smallest absolute Gasteiger partial charge is 0.134 e. The van der Waals surface area contributed by atoms with Gasteiger partial charge in [0.2, 0.25) is 0 Å². The van der Waals surface area contributed by atoms with Gasteiger partial charge in [-0.25, -0.2) is 0 Å². The summed E-state index contributed by atoms with van der Waals surface area (Å²) >= 11 is 12.1. The third-order valence-corrected chi connectivity index (χ3v) is 8.69. The van der Waals surface area contributed by atoms with Crippen LogP contribution in [0.25, 0.3) is 0 Å². The highest BCUT2D eigenvalue weighted by Crippen LogP contribution is 2.38. The molecule has 0 saturated carbocycles. The fraction of sp³-hybridized carbons (Fsp3) is 0.294. The Kier molecular flexibility index (Phi) is 9.02. The van der Waals surface area contributed by atoms with E-state index < -0.39 is 0 Å². The lowest BCUT2D eigenvalue weighted by Gasteiger charge is -2.22. The maximum Gasteiger partial charge on any atom is 0.134 e. The number of aromatic hydroxyl groups is 2. The molecule has 6 heteroatoms.